The monoisotopic (exact) mass is 266 g/mol. The molecule has 5 nitrogen and oxygen atoms in total. The maximum absolute atomic E-state index is 10.9. The van der Waals surface area contributed by atoms with E-state index in [9.17, 15) is 9.59 Å². The maximum atomic E-state index is 10.9. The van der Waals surface area contributed by atoms with Crippen molar-refractivity contribution in [1.29, 1.82) is 0 Å². The molecule has 0 aliphatic rings. The van der Waals surface area contributed by atoms with Crippen LogP contribution in [0.2, 0.25) is 0 Å². The summed E-state index contributed by atoms with van der Waals surface area (Å²) in [5.74, 6) is 4.65. The summed E-state index contributed by atoms with van der Waals surface area (Å²) >= 11 is 0. The van der Waals surface area contributed by atoms with E-state index in [1.807, 2.05) is 0 Å². The third-order valence-corrected chi connectivity index (χ3v) is 2.53. The standard InChI is InChI=1S/C15H10N2O3/c16-14-12(7-13(8-17-14)15(19)20)5-4-10-2-1-3-11(6-10)9-18/h1-3,6-9H,(H2,16,17)(H,19,20). The number of carbonyl (C=O) groups excluding carboxylic acids is 1. The van der Waals surface area contributed by atoms with Crippen molar-refractivity contribution in [2.24, 2.45) is 0 Å². The van der Waals surface area contributed by atoms with E-state index in [1.165, 1.54) is 12.3 Å². The fourth-order valence-corrected chi connectivity index (χ4v) is 1.52. The number of aromatic nitrogens is 1. The molecule has 0 aliphatic heterocycles. The Labute approximate surface area is 115 Å². The molecule has 20 heavy (non-hydrogen) atoms. The van der Waals surface area contributed by atoms with Crippen LogP contribution in [0, 0.1) is 11.8 Å². The van der Waals surface area contributed by atoms with Crippen molar-refractivity contribution in [3.8, 4) is 11.8 Å². The van der Waals surface area contributed by atoms with Crippen molar-refractivity contribution in [1.82, 2.24) is 4.98 Å². The van der Waals surface area contributed by atoms with Crippen LogP contribution < -0.4 is 5.73 Å². The van der Waals surface area contributed by atoms with Gasteiger partial charge in [0, 0.05) is 17.3 Å². The van der Waals surface area contributed by atoms with Crippen LogP contribution in [0.3, 0.4) is 0 Å². The van der Waals surface area contributed by atoms with E-state index in [0.717, 1.165) is 6.29 Å². The fourth-order valence-electron chi connectivity index (χ4n) is 1.52. The van der Waals surface area contributed by atoms with Crippen molar-refractivity contribution in [2.75, 3.05) is 5.73 Å². The number of nitrogen functional groups attached to an aromatic ring is 1. The summed E-state index contributed by atoms with van der Waals surface area (Å²) in [5, 5.41) is 8.89. The Kier molecular flexibility index (Phi) is 3.77. The van der Waals surface area contributed by atoms with E-state index in [4.69, 9.17) is 10.8 Å². The Hall–Kier alpha value is -3.13. The van der Waals surface area contributed by atoms with Crippen molar-refractivity contribution in [3.05, 3.63) is 58.8 Å². The Morgan fingerprint density at radius 2 is 2.10 bits per heavy atom. The molecule has 0 amide bonds. The smallest absolute Gasteiger partial charge is 0.337 e. The molecule has 0 radical (unpaired) electrons. The van der Waals surface area contributed by atoms with Gasteiger partial charge >= 0.3 is 5.97 Å². The molecule has 0 aliphatic carbocycles. The number of benzene rings is 1. The zero-order valence-electron chi connectivity index (χ0n) is 10.3. The largest absolute Gasteiger partial charge is 0.478 e. The summed E-state index contributed by atoms with van der Waals surface area (Å²) in [6.45, 7) is 0. The first-order valence-electron chi connectivity index (χ1n) is 5.66. The first-order chi connectivity index (χ1) is 9.60. The topological polar surface area (TPSA) is 93.3 Å². The number of nitrogens with two attached hydrogens (primary N) is 1. The van der Waals surface area contributed by atoms with E-state index in [1.54, 1.807) is 24.3 Å². The van der Waals surface area contributed by atoms with Crippen LogP contribution in [-0.2, 0) is 0 Å². The van der Waals surface area contributed by atoms with Gasteiger partial charge in [-0.2, -0.15) is 0 Å². The fraction of sp³-hybridized carbons (Fsp3) is 0. The van der Waals surface area contributed by atoms with Crippen LogP contribution in [-0.4, -0.2) is 22.3 Å². The Bertz CT molecular complexity index is 742. The lowest BCUT2D eigenvalue weighted by Gasteiger charge is -1.99. The average molecular weight is 266 g/mol. The normalized spacial score (nSPS) is 9.40. The highest BCUT2D eigenvalue weighted by Crippen LogP contribution is 2.10. The first-order valence-corrected chi connectivity index (χ1v) is 5.66. The van der Waals surface area contributed by atoms with Gasteiger partial charge in [0.2, 0.25) is 0 Å². The van der Waals surface area contributed by atoms with E-state index >= 15 is 0 Å². The SMILES string of the molecule is Nc1ncc(C(=O)O)cc1C#Cc1cccc(C=O)c1. The molecule has 2 aromatic rings. The molecule has 0 atom stereocenters. The van der Waals surface area contributed by atoms with Crippen molar-refractivity contribution in [3.63, 3.8) is 0 Å². The number of hydrogen-bond acceptors (Lipinski definition) is 4. The van der Waals surface area contributed by atoms with Gasteiger partial charge in [0.25, 0.3) is 0 Å². The van der Waals surface area contributed by atoms with Crippen molar-refractivity contribution in [2.45, 2.75) is 0 Å². The van der Waals surface area contributed by atoms with E-state index in [2.05, 4.69) is 16.8 Å². The van der Waals surface area contributed by atoms with Crippen LogP contribution in [0.4, 0.5) is 5.82 Å². The zero-order valence-corrected chi connectivity index (χ0v) is 10.3. The highest BCUT2D eigenvalue weighted by Gasteiger charge is 2.06. The molecule has 1 aromatic carbocycles. The number of rotatable bonds is 2. The summed E-state index contributed by atoms with van der Waals surface area (Å²) in [5.41, 5.74) is 7.15. The van der Waals surface area contributed by atoms with Crippen LogP contribution >= 0.6 is 0 Å². The lowest BCUT2D eigenvalue weighted by Crippen LogP contribution is -2.01. The molecular weight excluding hydrogens is 256 g/mol. The number of pyridine rings is 1. The first kappa shape index (κ1) is 13.3. The molecule has 98 valence electrons. The van der Waals surface area contributed by atoms with Gasteiger partial charge in [0.1, 0.15) is 12.1 Å². The quantitative estimate of drug-likeness (QED) is 0.635. The molecule has 2 rings (SSSR count). The van der Waals surface area contributed by atoms with Gasteiger partial charge in [-0.3, -0.25) is 4.79 Å². The van der Waals surface area contributed by atoms with Crippen molar-refractivity contribution < 1.29 is 14.7 Å². The number of carboxylic acids is 1. The number of hydrogen-bond donors (Lipinski definition) is 2. The second-order valence-electron chi connectivity index (χ2n) is 3.96. The zero-order chi connectivity index (χ0) is 14.5. The molecular formula is C15H10N2O3. The molecule has 0 bridgehead atoms. The number of carbonyl (C=O) groups is 2. The molecule has 0 fully saturated rings. The number of nitrogens with zero attached hydrogens (tertiary/aromatic N) is 1. The Morgan fingerprint density at radius 1 is 1.30 bits per heavy atom. The number of aldehydes is 1. The van der Waals surface area contributed by atoms with Gasteiger partial charge in [0.15, 0.2) is 0 Å². The summed E-state index contributed by atoms with van der Waals surface area (Å²) in [7, 11) is 0. The minimum atomic E-state index is -1.09. The number of aromatic carboxylic acids is 1. The van der Waals surface area contributed by atoms with Crippen molar-refractivity contribution >= 4 is 18.1 Å². The second kappa shape index (κ2) is 5.67. The molecule has 1 heterocycles. The molecule has 3 N–H and O–H groups in total. The summed E-state index contributed by atoms with van der Waals surface area (Å²) < 4.78 is 0. The highest BCUT2D eigenvalue weighted by molar-refractivity contribution is 5.88. The average Bonchev–Trinajstić information content (AvgIpc) is 2.46. The third-order valence-electron chi connectivity index (χ3n) is 2.53. The van der Waals surface area contributed by atoms with Crippen LogP contribution in [0.5, 0.6) is 0 Å². The highest BCUT2D eigenvalue weighted by atomic mass is 16.4. The minimum absolute atomic E-state index is 0.0187. The lowest BCUT2D eigenvalue weighted by molar-refractivity contribution is 0.0696. The predicted molar refractivity (Wildman–Crippen MR) is 73.4 cm³/mol. The van der Waals surface area contributed by atoms with Crippen LogP contribution in [0.25, 0.3) is 0 Å². The van der Waals surface area contributed by atoms with Gasteiger partial charge in [-0.15, -0.1) is 0 Å². The molecule has 0 saturated heterocycles. The van der Waals surface area contributed by atoms with E-state index in [0.29, 0.717) is 16.7 Å². The van der Waals surface area contributed by atoms with E-state index < -0.39 is 5.97 Å². The van der Waals surface area contributed by atoms with Gasteiger partial charge in [0.05, 0.1) is 11.1 Å². The second-order valence-corrected chi connectivity index (χ2v) is 3.96. The Balaban J connectivity index is 2.39. The lowest BCUT2D eigenvalue weighted by atomic mass is 10.1. The van der Waals surface area contributed by atoms with E-state index in [-0.39, 0.29) is 11.4 Å². The molecule has 5 heteroatoms. The molecule has 0 spiro atoms. The van der Waals surface area contributed by atoms with Crippen LogP contribution in [0.15, 0.2) is 36.5 Å². The van der Waals surface area contributed by atoms with Gasteiger partial charge in [-0.25, -0.2) is 9.78 Å². The maximum Gasteiger partial charge on any atom is 0.337 e. The minimum Gasteiger partial charge on any atom is -0.478 e. The van der Waals surface area contributed by atoms with Crippen LogP contribution in [0.1, 0.15) is 31.8 Å². The number of anilines is 1. The van der Waals surface area contributed by atoms with Gasteiger partial charge in [-0.05, 0) is 18.2 Å². The van der Waals surface area contributed by atoms with Gasteiger partial charge < -0.3 is 10.8 Å². The molecule has 0 saturated carbocycles. The molecule has 0 unspecified atom stereocenters. The number of carboxylic acid groups (broad SMARTS) is 1. The summed E-state index contributed by atoms with van der Waals surface area (Å²) in [6, 6.07) is 8.11. The van der Waals surface area contributed by atoms with Gasteiger partial charge in [-0.1, -0.05) is 24.0 Å². The predicted octanol–water partition coefficient (Wildman–Crippen LogP) is 1.57. The third kappa shape index (κ3) is 3.00. The summed E-state index contributed by atoms with van der Waals surface area (Å²) in [6.07, 6.45) is 1.90. The molecule has 1 aromatic heterocycles. The summed E-state index contributed by atoms with van der Waals surface area (Å²) in [4.78, 5) is 25.3. The Morgan fingerprint density at radius 3 is 2.80 bits per heavy atom.